The zero-order valence-corrected chi connectivity index (χ0v) is 9.79. The first-order valence-corrected chi connectivity index (χ1v) is 5.84. The van der Waals surface area contributed by atoms with Gasteiger partial charge in [-0.1, -0.05) is 0 Å². The number of carbonyl (C=O) groups is 2. The number of hydrogen-bond acceptors (Lipinski definition) is 5. The van der Waals surface area contributed by atoms with E-state index in [1.54, 1.807) is 10.6 Å². The first kappa shape index (κ1) is 10.7. The van der Waals surface area contributed by atoms with Gasteiger partial charge in [-0.15, -0.1) is 11.3 Å². The van der Waals surface area contributed by atoms with E-state index in [2.05, 4.69) is 10.1 Å². The standard InChI is InChI=1S/C10H7N5O2S/c11-8(17)6-3-12-15(4-6)9-7(5-16)14-1-2-18-10(14)13-9/h1-5H,(H2,11,17). The van der Waals surface area contributed by atoms with Crippen molar-refractivity contribution >= 4 is 28.5 Å². The molecule has 18 heavy (non-hydrogen) atoms. The van der Waals surface area contributed by atoms with Crippen LogP contribution in [-0.4, -0.2) is 31.4 Å². The Labute approximate surface area is 104 Å². The van der Waals surface area contributed by atoms with Crippen molar-refractivity contribution in [3.63, 3.8) is 0 Å². The number of fused-ring (bicyclic) bond motifs is 1. The first-order chi connectivity index (χ1) is 8.70. The maximum Gasteiger partial charge on any atom is 0.251 e. The maximum atomic E-state index is 11.1. The molecule has 1 amide bonds. The van der Waals surface area contributed by atoms with Crippen LogP contribution in [0.1, 0.15) is 20.8 Å². The lowest BCUT2D eigenvalue weighted by molar-refractivity contribution is 0.1000. The number of nitrogens with zero attached hydrogens (tertiary/aromatic N) is 4. The number of rotatable bonds is 3. The third-order valence-corrected chi connectivity index (χ3v) is 3.23. The summed E-state index contributed by atoms with van der Waals surface area (Å²) in [4.78, 5) is 27.1. The Balaban J connectivity index is 2.20. The van der Waals surface area contributed by atoms with E-state index in [1.165, 1.54) is 28.4 Å². The molecule has 8 heteroatoms. The van der Waals surface area contributed by atoms with Crippen molar-refractivity contribution in [2.75, 3.05) is 0 Å². The van der Waals surface area contributed by atoms with E-state index in [0.29, 0.717) is 22.8 Å². The monoisotopic (exact) mass is 261 g/mol. The molecule has 0 aliphatic carbocycles. The molecule has 0 unspecified atom stereocenters. The predicted octanol–water partition coefficient (Wildman–Crippen LogP) is 0.493. The van der Waals surface area contributed by atoms with Gasteiger partial charge in [-0.25, -0.2) is 4.68 Å². The minimum Gasteiger partial charge on any atom is -0.366 e. The van der Waals surface area contributed by atoms with Crippen LogP contribution in [0.5, 0.6) is 0 Å². The smallest absolute Gasteiger partial charge is 0.251 e. The Morgan fingerprint density at radius 2 is 2.33 bits per heavy atom. The van der Waals surface area contributed by atoms with Gasteiger partial charge in [-0.2, -0.15) is 10.1 Å². The summed E-state index contributed by atoms with van der Waals surface area (Å²) in [5.41, 5.74) is 5.79. The summed E-state index contributed by atoms with van der Waals surface area (Å²) >= 11 is 1.41. The summed E-state index contributed by atoms with van der Waals surface area (Å²) in [7, 11) is 0. The fourth-order valence-electron chi connectivity index (χ4n) is 1.64. The zero-order valence-electron chi connectivity index (χ0n) is 8.98. The van der Waals surface area contributed by atoms with Crippen LogP contribution >= 0.6 is 11.3 Å². The quantitative estimate of drug-likeness (QED) is 0.694. The van der Waals surface area contributed by atoms with Crippen LogP contribution in [0.15, 0.2) is 24.0 Å². The number of amides is 1. The lowest BCUT2D eigenvalue weighted by Crippen LogP contribution is -2.09. The second kappa shape index (κ2) is 3.77. The van der Waals surface area contributed by atoms with Crippen molar-refractivity contribution in [2.45, 2.75) is 0 Å². The maximum absolute atomic E-state index is 11.1. The summed E-state index contributed by atoms with van der Waals surface area (Å²) in [6, 6.07) is 0. The van der Waals surface area contributed by atoms with Crippen molar-refractivity contribution in [3.8, 4) is 5.82 Å². The van der Waals surface area contributed by atoms with Gasteiger partial charge in [-0.3, -0.25) is 14.0 Å². The molecule has 7 nitrogen and oxygen atoms in total. The number of imidazole rings is 1. The number of aromatic nitrogens is 4. The number of carbonyl (C=O) groups excluding carboxylic acids is 2. The van der Waals surface area contributed by atoms with Gasteiger partial charge in [0.15, 0.2) is 17.1 Å². The lowest BCUT2D eigenvalue weighted by Gasteiger charge is -1.96. The molecule has 0 saturated heterocycles. The summed E-state index contributed by atoms with van der Waals surface area (Å²) < 4.78 is 3.03. The number of primary amides is 1. The van der Waals surface area contributed by atoms with E-state index < -0.39 is 5.91 Å². The summed E-state index contributed by atoms with van der Waals surface area (Å²) in [5.74, 6) is -0.195. The average molecular weight is 261 g/mol. The molecule has 0 aromatic carbocycles. The van der Waals surface area contributed by atoms with E-state index in [4.69, 9.17) is 5.73 Å². The fraction of sp³-hybridized carbons (Fsp3) is 0. The van der Waals surface area contributed by atoms with Crippen molar-refractivity contribution < 1.29 is 9.59 Å². The first-order valence-electron chi connectivity index (χ1n) is 4.96. The molecule has 0 aliphatic rings. The highest BCUT2D eigenvalue weighted by Gasteiger charge is 2.15. The number of aldehydes is 1. The SMILES string of the molecule is NC(=O)c1cnn(-c2nc3sccn3c2C=O)c1. The van der Waals surface area contributed by atoms with Crippen LogP contribution in [0.4, 0.5) is 0 Å². The number of nitrogens with two attached hydrogens (primary N) is 1. The van der Waals surface area contributed by atoms with Gasteiger partial charge < -0.3 is 5.73 Å². The minimum atomic E-state index is -0.574. The van der Waals surface area contributed by atoms with Crippen molar-refractivity contribution in [1.82, 2.24) is 19.2 Å². The average Bonchev–Trinajstić information content (AvgIpc) is 3.02. The fourth-order valence-corrected chi connectivity index (χ4v) is 2.35. The molecule has 3 aromatic heterocycles. The Hall–Kier alpha value is -2.48. The van der Waals surface area contributed by atoms with E-state index in [1.807, 2.05) is 5.38 Å². The van der Waals surface area contributed by atoms with Crippen molar-refractivity contribution in [3.05, 3.63) is 35.2 Å². The van der Waals surface area contributed by atoms with E-state index in [-0.39, 0.29) is 5.56 Å². The third-order valence-electron chi connectivity index (χ3n) is 2.48. The van der Waals surface area contributed by atoms with Crippen LogP contribution in [0, 0.1) is 0 Å². The van der Waals surface area contributed by atoms with Crippen LogP contribution in [0.3, 0.4) is 0 Å². The van der Waals surface area contributed by atoms with Crippen LogP contribution < -0.4 is 5.73 Å². The molecule has 3 aromatic rings. The van der Waals surface area contributed by atoms with Gasteiger partial charge in [0.1, 0.15) is 5.69 Å². The van der Waals surface area contributed by atoms with Crippen LogP contribution in [0.2, 0.25) is 0 Å². The van der Waals surface area contributed by atoms with Crippen molar-refractivity contribution in [1.29, 1.82) is 0 Å². The summed E-state index contributed by atoms with van der Waals surface area (Å²) in [5, 5.41) is 5.81. The predicted molar refractivity (Wildman–Crippen MR) is 64.1 cm³/mol. The number of thiazole rings is 1. The van der Waals surface area contributed by atoms with Gasteiger partial charge in [0, 0.05) is 17.8 Å². The van der Waals surface area contributed by atoms with Gasteiger partial charge in [0.05, 0.1) is 11.8 Å². The van der Waals surface area contributed by atoms with E-state index in [0.717, 1.165) is 0 Å². The third kappa shape index (κ3) is 1.43. The minimum absolute atomic E-state index is 0.267. The lowest BCUT2D eigenvalue weighted by atomic mass is 10.3. The molecule has 0 fully saturated rings. The van der Waals surface area contributed by atoms with Gasteiger partial charge in [0.2, 0.25) is 0 Å². The van der Waals surface area contributed by atoms with Gasteiger partial charge in [-0.05, 0) is 0 Å². The van der Waals surface area contributed by atoms with Gasteiger partial charge in [0.25, 0.3) is 5.91 Å². The van der Waals surface area contributed by atoms with Crippen molar-refractivity contribution in [2.24, 2.45) is 5.73 Å². The largest absolute Gasteiger partial charge is 0.366 e. The Kier molecular flexibility index (Phi) is 2.23. The number of hydrogen-bond donors (Lipinski definition) is 1. The topological polar surface area (TPSA) is 95.3 Å². The molecular formula is C10H7N5O2S. The highest BCUT2D eigenvalue weighted by molar-refractivity contribution is 7.15. The second-order valence-corrected chi connectivity index (χ2v) is 4.40. The summed E-state index contributed by atoms with van der Waals surface area (Å²) in [6.07, 6.45) is 5.23. The summed E-state index contributed by atoms with van der Waals surface area (Å²) in [6.45, 7) is 0. The molecule has 0 aliphatic heterocycles. The highest BCUT2D eigenvalue weighted by Crippen LogP contribution is 2.19. The molecule has 3 rings (SSSR count). The Morgan fingerprint density at radius 3 is 3.00 bits per heavy atom. The zero-order chi connectivity index (χ0) is 12.7. The highest BCUT2D eigenvalue weighted by atomic mass is 32.1. The Morgan fingerprint density at radius 1 is 1.50 bits per heavy atom. The van der Waals surface area contributed by atoms with Crippen LogP contribution in [-0.2, 0) is 0 Å². The Bertz CT molecular complexity index is 753. The van der Waals surface area contributed by atoms with E-state index in [9.17, 15) is 9.59 Å². The molecule has 2 N–H and O–H groups in total. The van der Waals surface area contributed by atoms with Crippen LogP contribution in [0.25, 0.3) is 10.8 Å². The molecule has 0 atom stereocenters. The van der Waals surface area contributed by atoms with E-state index >= 15 is 0 Å². The molecule has 0 spiro atoms. The molecule has 3 heterocycles. The molecule has 0 bridgehead atoms. The van der Waals surface area contributed by atoms with Gasteiger partial charge >= 0.3 is 0 Å². The molecule has 0 radical (unpaired) electrons. The second-order valence-electron chi connectivity index (χ2n) is 3.53. The molecular weight excluding hydrogens is 254 g/mol. The molecule has 90 valence electrons. The molecule has 0 saturated carbocycles. The normalized spacial score (nSPS) is 10.9.